The summed E-state index contributed by atoms with van der Waals surface area (Å²) in [5.74, 6) is 0.0802. The van der Waals surface area contributed by atoms with Crippen molar-refractivity contribution in [2.24, 2.45) is 0 Å². The predicted molar refractivity (Wildman–Crippen MR) is 64.9 cm³/mol. The van der Waals surface area contributed by atoms with Gasteiger partial charge in [-0.05, 0) is 12.1 Å². The van der Waals surface area contributed by atoms with Gasteiger partial charge in [-0.3, -0.25) is 0 Å². The lowest BCUT2D eigenvalue weighted by molar-refractivity contribution is 0.418. The number of thioether (sulfide) groups is 1. The summed E-state index contributed by atoms with van der Waals surface area (Å²) >= 11 is 7.02. The topological polar surface area (TPSA) is 62.7 Å². The van der Waals surface area contributed by atoms with Gasteiger partial charge >= 0.3 is 0 Å². The van der Waals surface area contributed by atoms with E-state index in [0.717, 1.165) is 11.8 Å². The summed E-state index contributed by atoms with van der Waals surface area (Å²) in [5, 5.41) is 16.5. The van der Waals surface area contributed by atoms with Gasteiger partial charge in [-0.15, -0.1) is 10.2 Å². The van der Waals surface area contributed by atoms with E-state index in [1.165, 1.54) is 12.1 Å². The summed E-state index contributed by atoms with van der Waals surface area (Å²) in [4.78, 5) is 0. The Bertz CT molecular complexity index is 576. The first kappa shape index (κ1) is 12.9. The van der Waals surface area contributed by atoms with Crippen molar-refractivity contribution in [2.45, 2.75) is 11.6 Å². The zero-order valence-electron chi connectivity index (χ0n) is 9.06. The molecule has 0 aliphatic carbocycles. The van der Waals surface area contributed by atoms with Crippen molar-refractivity contribution in [1.82, 2.24) is 10.2 Å². The van der Waals surface area contributed by atoms with Crippen LogP contribution in [0.1, 0.15) is 11.5 Å². The Hall–Kier alpha value is -1.58. The molecule has 0 saturated carbocycles. The molecule has 0 saturated heterocycles. The van der Waals surface area contributed by atoms with Crippen LogP contribution >= 0.6 is 23.4 Å². The maximum absolute atomic E-state index is 13.5. The molecular weight excluding hydrogens is 277 g/mol. The van der Waals surface area contributed by atoms with Gasteiger partial charge in [0.1, 0.15) is 5.82 Å². The number of hydrogen-bond donors (Lipinski definition) is 0. The highest BCUT2D eigenvalue weighted by Crippen LogP contribution is 2.23. The largest absolute Gasteiger partial charge is 0.416 e. The molecule has 0 aliphatic rings. The number of nitriles is 1. The highest BCUT2D eigenvalue weighted by Gasteiger charge is 2.12. The van der Waals surface area contributed by atoms with Gasteiger partial charge < -0.3 is 4.42 Å². The fraction of sp³-hybridized carbons (Fsp3) is 0.182. The zero-order valence-corrected chi connectivity index (χ0v) is 10.6. The molecule has 0 fully saturated rings. The van der Waals surface area contributed by atoms with Crippen LogP contribution in [-0.4, -0.2) is 16.0 Å². The first-order chi connectivity index (χ1) is 8.70. The number of benzene rings is 1. The van der Waals surface area contributed by atoms with Crippen molar-refractivity contribution in [3.05, 3.63) is 40.5 Å². The Morgan fingerprint density at radius 3 is 3.00 bits per heavy atom. The minimum absolute atomic E-state index is 0.131. The van der Waals surface area contributed by atoms with Crippen molar-refractivity contribution in [2.75, 3.05) is 5.75 Å². The lowest BCUT2D eigenvalue weighted by Crippen LogP contribution is -1.94. The van der Waals surface area contributed by atoms with Crippen LogP contribution in [0.5, 0.6) is 0 Å². The van der Waals surface area contributed by atoms with Gasteiger partial charge in [-0.25, -0.2) is 4.39 Å². The van der Waals surface area contributed by atoms with Crippen LogP contribution in [0.15, 0.2) is 27.8 Å². The van der Waals surface area contributed by atoms with Gasteiger partial charge in [0.2, 0.25) is 5.89 Å². The Labute approximate surface area is 112 Å². The van der Waals surface area contributed by atoms with Crippen molar-refractivity contribution < 1.29 is 8.81 Å². The molecule has 7 heteroatoms. The summed E-state index contributed by atoms with van der Waals surface area (Å²) in [5.41, 5.74) is 0.319. The van der Waals surface area contributed by atoms with Crippen molar-refractivity contribution in [1.29, 1.82) is 5.26 Å². The highest BCUT2D eigenvalue weighted by molar-refractivity contribution is 7.99. The van der Waals surface area contributed by atoms with E-state index >= 15 is 0 Å². The number of aromatic nitrogens is 2. The number of hydrogen-bond acceptors (Lipinski definition) is 5. The molecule has 0 atom stereocenters. The third-order valence-electron chi connectivity index (χ3n) is 2.10. The lowest BCUT2D eigenvalue weighted by atomic mass is 10.1. The van der Waals surface area contributed by atoms with E-state index in [1.807, 2.05) is 6.07 Å². The van der Waals surface area contributed by atoms with Gasteiger partial charge in [0.05, 0.1) is 18.2 Å². The third-order valence-corrected chi connectivity index (χ3v) is 3.14. The molecule has 0 radical (unpaired) electrons. The monoisotopic (exact) mass is 283 g/mol. The summed E-state index contributed by atoms with van der Waals surface area (Å²) in [7, 11) is 0. The summed E-state index contributed by atoms with van der Waals surface area (Å²) < 4.78 is 18.8. The molecule has 0 bridgehead atoms. The summed E-state index contributed by atoms with van der Waals surface area (Å²) in [6, 6.07) is 6.40. The molecule has 0 aliphatic heterocycles. The van der Waals surface area contributed by atoms with E-state index in [-0.39, 0.29) is 18.1 Å². The molecule has 0 N–H and O–H groups in total. The molecule has 0 spiro atoms. The second-order valence-electron chi connectivity index (χ2n) is 3.29. The Morgan fingerprint density at radius 2 is 2.28 bits per heavy atom. The highest BCUT2D eigenvalue weighted by atomic mass is 35.5. The third kappa shape index (κ3) is 3.00. The quantitative estimate of drug-likeness (QED) is 0.807. The van der Waals surface area contributed by atoms with E-state index in [4.69, 9.17) is 21.3 Å². The van der Waals surface area contributed by atoms with Crippen LogP contribution in [0.25, 0.3) is 0 Å². The fourth-order valence-electron chi connectivity index (χ4n) is 1.31. The SMILES string of the molecule is N#CCSc1nnc(Cc2c(F)cccc2Cl)o1. The molecule has 2 aromatic rings. The second kappa shape index (κ2) is 5.85. The average Bonchev–Trinajstić information content (AvgIpc) is 2.79. The van der Waals surface area contributed by atoms with E-state index in [2.05, 4.69) is 10.2 Å². The van der Waals surface area contributed by atoms with Gasteiger partial charge in [-0.1, -0.05) is 29.4 Å². The molecule has 4 nitrogen and oxygen atoms in total. The van der Waals surface area contributed by atoms with E-state index in [1.54, 1.807) is 6.07 Å². The first-order valence-corrected chi connectivity index (χ1v) is 6.32. The molecule has 1 aromatic heterocycles. The second-order valence-corrected chi connectivity index (χ2v) is 4.62. The van der Waals surface area contributed by atoms with Crippen molar-refractivity contribution in [3.8, 4) is 6.07 Å². The smallest absolute Gasteiger partial charge is 0.277 e. The number of rotatable bonds is 4. The maximum atomic E-state index is 13.5. The Morgan fingerprint density at radius 1 is 1.44 bits per heavy atom. The molecule has 1 heterocycles. The molecule has 0 unspecified atom stereocenters. The van der Waals surface area contributed by atoms with Crippen LogP contribution in [-0.2, 0) is 6.42 Å². The summed E-state index contributed by atoms with van der Waals surface area (Å²) in [6.45, 7) is 0. The maximum Gasteiger partial charge on any atom is 0.277 e. The predicted octanol–water partition coefficient (Wildman–Crippen LogP) is 3.07. The first-order valence-electron chi connectivity index (χ1n) is 4.95. The zero-order chi connectivity index (χ0) is 13.0. The van der Waals surface area contributed by atoms with Gasteiger partial charge in [-0.2, -0.15) is 5.26 Å². The molecule has 18 heavy (non-hydrogen) atoms. The molecule has 0 amide bonds. The van der Waals surface area contributed by atoms with Crippen LogP contribution in [0.4, 0.5) is 4.39 Å². The fourth-order valence-corrected chi connectivity index (χ4v) is 1.99. The minimum atomic E-state index is -0.410. The van der Waals surface area contributed by atoms with Crippen LogP contribution in [0.3, 0.4) is 0 Å². The Balaban J connectivity index is 2.14. The normalized spacial score (nSPS) is 10.3. The van der Waals surface area contributed by atoms with E-state index in [9.17, 15) is 4.39 Å². The van der Waals surface area contributed by atoms with E-state index in [0.29, 0.717) is 15.8 Å². The lowest BCUT2D eigenvalue weighted by Gasteiger charge is -2.01. The van der Waals surface area contributed by atoms with Crippen molar-refractivity contribution in [3.63, 3.8) is 0 Å². The van der Waals surface area contributed by atoms with Crippen LogP contribution in [0, 0.1) is 17.1 Å². The standard InChI is InChI=1S/C11H7ClFN3OS/c12-8-2-1-3-9(13)7(8)6-10-15-16-11(17-10)18-5-4-14/h1-3H,5-6H2. The number of nitrogens with zero attached hydrogens (tertiary/aromatic N) is 3. The van der Waals surface area contributed by atoms with Crippen molar-refractivity contribution >= 4 is 23.4 Å². The minimum Gasteiger partial charge on any atom is -0.416 e. The summed E-state index contributed by atoms with van der Waals surface area (Å²) in [6.07, 6.45) is 0.131. The van der Waals surface area contributed by atoms with Crippen LogP contribution < -0.4 is 0 Å². The molecular formula is C11H7ClFN3OS. The van der Waals surface area contributed by atoms with Crippen LogP contribution in [0.2, 0.25) is 5.02 Å². The molecule has 2 rings (SSSR count). The Kier molecular flexibility index (Phi) is 4.18. The van der Waals surface area contributed by atoms with Gasteiger partial charge in [0.15, 0.2) is 0 Å². The van der Waals surface area contributed by atoms with Gasteiger partial charge in [0.25, 0.3) is 5.22 Å². The number of halogens is 2. The van der Waals surface area contributed by atoms with E-state index < -0.39 is 5.82 Å². The average molecular weight is 284 g/mol. The van der Waals surface area contributed by atoms with Gasteiger partial charge in [0, 0.05) is 10.6 Å². The molecule has 1 aromatic carbocycles. The molecule has 92 valence electrons.